The van der Waals surface area contributed by atoms with E-state index >= 15 is 0 Å². The molecule has 2 amide bonds. The molecule has 0 spiro atoms. The van der Waals surface area contributed by atoms with Crippen molar-refractivity contribution in [3.05, 3.63) is 24.2 Å². The van der Waals surface area contributed by atoms with Crippen LogP contribution in [0.2, 0.25) is 0 Å². The third-order valence-corrected chi connectivity index (χ3v) is 5.25. The third-order valence-electron chi connectivity index (χ3n) is 5.25. The molecule has 2 heterocycles. The molecule has 0 unspecified atom stereocenters. The highest BCUT2D eigenvalue weighted by molar-refractivity contribution is 5.95. The molecule has 5 nitrogen and oxygen atoms in total. The molecule has 0 aromatic carbocycles. The number of carbonyl (C=O) groups is 2. The van der Waals surface area contributed by atoms with E-state index in [4.69, 9.17) is 4.42 Å². The van der Waals surface area contributed by atoms with E-state index in [9.17, 15) is 9.59 Å². The summed E-state index contributed by atoms with van der Waals surface area (Å²) in [7, 11) is 0. The molecule has 1 aliphatic heterocycles. The first-order valence-corrected chi connectivity index (χ1v) is 9.40. The van der Waals surface area contributed by atoms with Crippen LogP contribution >= 0.6 is 0 Å². The summed E-state index contributed by atoms with van der Waals surface area (Å²) in [5, 5.41) is 3.22. The van der Waals surface area contributed by atoms with Gasteiger partial charge in [0, 0.05) is 12.6 Å². The maximum Gasteiger partial charge on any atom is 0.290 e. The maximum absolute atomic E-state index is 12.8. The van der Waals surface area contributed by atoms with Crippen LogP contribution in [-0.2, 0) is 4.79 Å². The molecule has 5 heteroatoms. The van der Waals surface area contributed by atoms with Crippen molar-refractivity contribution in [2.24, 2.45) is 0 Å². The van der Waals surface area contributed by atoms with E-state index in [1.54, 1.807) is 17.0 Å². The minimum absolute atomic E-state index is 0.0141. The highest BCUT2D eigenvalue weighted by Crippen LogP contribution is 2.22. The smallest absolute Gasteiger partial charge is 0.290 e. The molecule has 132 valence electrons. The third kappa shape index (κ3) is 4.19. The van der Waals surface area contributed by atoms with Crippen molar-refractivity contribution < 1.29 is 14.0 Å². The van der Waals surface area contributed by atoms with Crippen LogP contribution in [0, 0.1) is 0 Å². The van der Waals surface area contributed by atoms with Gasteiger partial charge in [0.15, 0.2) is 5.76 Å². The van der Waals surface area contributed by atoms with Crippen LogP contribution < -0.4 is 5.32 Å². The van der Waals surface area contributed by atoms with Gasteiger partial charge in [-0.2, -0.15) is 0 Å². The Morgan fingerprint density at radius 1 is 1.00 bits per heavy atom. The average molecular weight is 332 g/mol. The normalized spacial score (nSPS) is 23.3. The molecule has 1 aromatic heterocycles. The standard InChI is InChI=1S/C19H28N2O3/c22-18(20-15-9-4-2-1-3-5-10-15)16-11-6-7-13-21(16)19(23)17-12-8-14-24-17/h8,12,14-16H,1-7,9-11,13H2,(H,20,22)/t16-/m0/s1. The molecule has 24 heavy (non-hydrogen) atoms. The van der Waals surface area contributed by atoms with Crippen LogP contribution in [0.4, 0.5) is 0 Å². The zero-order chi connectivity index (χ0) is 16.8. The van der Waals surface area contributed by atoms with Crippen molar-refractivity contribution >= 4 is 11.8 Å². The predicted octanol–water partition coefficient (Wildman–Crippen LogP) is 3.50. The van der Waals surface area contributed by atoms with Gasteiger partial charge in [0.05, 0.1) is 6.26 Å². The average Bonchev–Trinajstić information content (AvgIpc) is 3.11. The predicted molar refractivity (Wildman–Crippen MR) is 91.6 cm³/mol. The fraction of sp³-hybridized carbons (Fsp3) is 0.684. The molecule has 1 saturated heterocycles. The zero-order valence-electron chi connectivity index (χ0n) is 14.3. The minimum atomic E-state index is -0.359. The van der Waals surface area contributed by atoms with Crippen molar-refractivity contribution in [3.8, 4) is 0 Å². The number of hydrogen-bond donors (Lipinski definition) is 1. The molecular formula is C19H28N2O3. The second kappa shape index (κ2) is 8.36. The van der Waals surface area contributed by atoms with Crippen molar-refractivity contribution in [1.82, 2.24) is 10.2 Å². The summed E-state index contributed by atoms with van der Waals surface area (Å²) in [6.07, 6.45) is 12.5. The Morgan fingerprint density at radius 2 is 1.71 bits per heavy atom. The van der Waals surface area contributed by atoms with E-state index in [0.717, 1.165) is 32.1 Å². The number of amides is 2. The van der Waals surface area contributed by atoms with E-state index in [2.05, 4.69) is 5.32 Å². The van der Waals surface area contributed by atoms with Gasteiger partial charge in [-0.15, -0.1) is 0 Å². The fourth-order valence-corrected chi connectivity index (χ4v) is 3.89. The number of nitrogens with one attached hydrogen (secondary N) is 1. The summed E-state index contributed by atoms with van der Waals surface area (Å²) >= 11 is 0. The van der Waals surface area contributed by atoms with Gasteiger partial charge in [-0.05, 0) is 44.2 Å². The summed E-state index contributed by atoms with van der Waals surface area (Å²) in [6, 6.07) is 3.28. The van der Waals surface area contributed by atoms with Crippen molar-refractivity contribution in [3.63, 3.8) is 0 Å². The lowest BCUT2D eigenvalue weighted by molar-refractivity contribution is -0.127. The highest BCUT2D eigenvalue weighted by Gasteiger charge is 2.34. The summed E-state index contributed by atoms with van der Waals surface area (Å²) in [5.74, 6) is 0.165. The SMILES string of the molecule is O=C(NC1CCCCCCC1)[C@@H]1CCCCN1C(=O)c1ccco1. The van der Waals surface area contributed by atoms with E-state index in [1.807, 2.05) is 0 Å². The Bertz CT molecular complexity index is 533. The van der Waals surface area contributed by atoms with Gasteiger partial charge in [0.2, 0.25) is 5.91 Å². The van der Waals surface area contributed by atoms with Gasteiger partial charge in [-0.3, -0.25) is 9.59 Å². The molecule has 3 rings (SSSR count). The molecule has 2 aliphatic rings. The monoisotopic (exact) mass is 332 g/mol. The molecule has 1 N–H and O–H groups in total. The summed E-state index contributed by atoms with van der Waals surface area (Å²) in [4.78, 5) is 27.1. The molecular weight excluding hydrogens is 304 g/mol. The molecule has 2 fully saturated rings. The zero-order valence-corrected chi connectivity index (χ0v) is 14.3. The van der Waals surface area contributed by atoms with Gasteiger partial charge >= 0.3 is 0 Å². The quantitative estimate of drug-likeness (QED) is 0.921. The van der Waals surface area contributed by atoms with Crippen LogP contribution in [-0.4, -0.2) is 35.3 Å². The number of hydrogen-bond acceptors (Lipinski definition) is 3. The molecule has 1 atom stereocenters. The van der Waals surface area contributed by atoms with Crippen LogP contribution in [0.3, 0.4) is 0 Å². The first-order valence-electron chi connectivity index (χ1n) is 9.40. The van der Waals surface area contributed by atoms with Crippen LogP contribution in [0.25, 0.3) is 0 Å². The summed E-state index contributed by atoms with van der Waals surface area (Å²) in [6.45, 7) is 0.627. The van der Waals surface area contributed by atoms with Gasteiger partial charge < -0.3 is 14.6 Å². The Morgan fingerprint density at radius 3 is 2.42 bits per heavy atom. The second-order valence-corrected chi connectivity index (χ2v) is 7.04. The minimum Gasteiger partial charge on any atom is -0.459 e. The number of rotatable bonds is 3. The Balaban J connectivity index is 1.63. The lowest BCUT2D eigenvalue weighted by Gasteiger charge is -2.35. The number of carbonyl (C=O) groups excluding carboxylic acids is 2. The number of furan rings is 1. The van der Waals surface area contributed by atoms with Crippen LogP contribution in [0.5, 0.6) is 0 Å². The number of piperidine rings is 1. The molecule has 0 radical (unpaired) electrons. The summed E-state index contributed by atoms with van der Waals surface area (Å²) < 4.78 is 5.23. The van der Waals surface area contributed by atoms with Gasteiger partial charge in [-0.1, -0.05) is 32.1 Å². The molecule has 1 aromatic rings. The van der Waals surface area contributed by atoms with Gasteiger partial charge in [0.25, 0.3) is 5.91 Å². The molecule has 0 bridgehead atoms. The Hall–Kier alpha value is -1.78. The Kier molecular flexibility index (Phi) is 5.94. The first kappa shape index (κ1) is 17.1. The number of nitrogens with zero attached hydrogens (tertiary/aromatic N) is 1. The van der Waals surface area contributed by atoms with Crippen LogP contribution in [0.15, 0.2) is 22.8 Å². The fourth-order valence-electron chi connectivity index (χ4n) is 3.89. The molecule has 1 saturated carbocycles. The highest BCUT2D eigenvalue weighted by atomic mass is 16.3. The van der Waals surface area contributed by atoms with Crippen LogP contribution in [0.1, 0.15) is 74.8 Å². The largest absolute Gasteiger partial charge is 0.459 e. The second-order valence-electron chi connectivity index (χ2n) is 7.04. The van der Waals surface area contributed by atoms with Gasteiger partial charge in [0.1, 0.15) is 6.04 Å². The van der Waals surface area contributed by atoms with Crippen molar-refractivity contribution in [2.45, 2.75) is 76.3 Å². The lowest BCUT2D eigenvalue weighted by atomic mass is 9.95. The van der Waals surface area contributed by atoms with Crippen molar-refractivity contribution in [2.75, 3.05) is 6.54 Å². The number of likely N-dealkylation sites (tertiary alicyclic amines) is 1. The lowest BCUT2D eigenvalue weighted by Crippen LogP contribution is -2.53. The van der Waals surface area contributed by atoms with E-state index in [0.29, 0.717) is 12.3 Å². The molecule has 1 aliphatic carbocycles. The van der Waals surface area contributed by atoms with E-state index < -0.39 is 0 Å². The topological polar surface area (TPSA) is 62.6 Å². The Labute approximate surface area is 143 Å². The summed E-state index contributed by atoms with van der Waals surface area (Å²) in [5.41, 5.74) is 0. The van der Waals surface area contributed by atoms with Gasteiger partial charge in [-0.25, -0.2) is 0 Å². The van der Waals surface area contributed by atoms with Crippen molar-refractivity contribution in [1.29, 1.82) is 0 Å². The van der Waals surface area contributed by atoms with E-state index in [1.165, 1.54) is 38.4 Å². The maximum atomic E-state index is 12.8. The first-order chi connectivity index (χ1) is 11.8. The van der Waals surface area contributed by atoms with E-state index in [-0.39, 0.29) is 23.9 Å².